The highest BCUT2D eigenvalue weighted by Crippen LogP contribution is 2.40. The van der Waals surface area contributed by atoms with Gasteiger partial charge >= 0.3 is 0 Å². The largest absolute Gasteiger partial charge is 0.309 e. The van der Waals surface area contributed by atoms with E-state index in [2.05, 4.69) is 193 Å². The molecule has 3 heteroatoms. The SMILES string of the molecule is N=C(N=C(/C=C/c1ccc(-c2ccc(-c3c4ccccc4cc4c3ccc3ccccc34)cc2)cc1)c1ccccc1-n1c2ccccc2c2ccccc21)c1ccccc1. The Balaban J connectivity index is 0.949. The maximum absolute atomic E-state index is 9.08. The highest BCUT2D eigenvalue weighted by atomic mass is 15.0. The number of hydrogen-bond donors (Lipinski definition) is 1. The standard InChI is InChI=1S/C58H39N3/c59-58(44-15-2-1-3-16-44)60-53(51-22-10-13-25-56(51)61-54-23-11-8-20-48(54)49-21-9-12-24-55(49)61)37-28-39-26-29-40(30-27-39)41-31-33-43(34-32-41)57-47-19-7-5-17-45(47)38-52-46-18-6-4-14-42(46)35-36-50(52)57/h1-38,59H/b37-28+,59-58?,60-53?. The molecule has 11 aromatic rings. The van der Waals surface area contributed by atoms with Gasteiger partial charge < -0.3 is 4.57 Å². The van der Waals surface area contributed by atoms with Crippen LogP contribution in [0, 0.1) is 5.41 Å². The van der Waals surface area contributed by atoms with E-state index >= 15 is 0 Å². The number of aromatic nitrogens is 1. The summed E-state index contributed by atoms with van der Waals surface area (Å²) in [5.41, 5.74) is 11.5. The van der Waals surface area contributed by atoms with E-state index in [4.69, 9.17) is 10.4 Å². The Morgan fingerprint density at radius 2 is 0.984 bits per heavy atom. The number of fused-ring (bicyclic) bond motifs is 7. The third kappa shape index (κ3) is 6.50. The number of para-hydroxylation sites is 3. The van der Waals surface area contributed by atoms with Crippen molar-refractivity contribution < 1.29 is 0 Å². The zero-order valence-electron chi connectivity index (χ0n) is 33.3. The summed E-state index contributed by atoms with van der Waals surface area (Å²) in [5, 5.41) is 19.0. The number of nitrogens with zero attached hydrogens (tertiary/aromatic N) is 2. The van der Waals surface area contributed by atoms with Crippen molar-refractivity contribution in [2.24, 2.45) is 4.99 Å². The zero-order chi connectivity index (χ0) is 40.7. The van der Waals surface area contributed by atoms with Gasteiger partial charge in [-0.1, -0.05) is 200 Å². The lowest BCUT2D eigenvalue weighted by atomic mass is 9.89. The van der Waals surface area contributed by atoms with Crippen molar-refractivity contribution in [1.82, 2.24) is 4.57 Å². The predicted molar refractivity (Wildman–Crippen MR) is 259 cm³/mol. The number of allylic oxidation sites excluding steroid dienone is 1. The summed E-state index contributed by atoms with van der Waals surface area (Å²) in [6, 6.07) is 77.1. The highest BCUT2D eigenvalue weighted by Gasteiger charge is 2.17. The first-order valence-electron chi connectivity index (χ1n) is 20.7. The number of hydrogen-bond acceptors (Lipinski definition) is 1. The molecule has 0 saturated heterocycles. The topological polar surface area (TPSA) is 41.1 Å². The molecule has 286 valence electrons. The summed E-state index contributed by atoms with van der Waals surface area (Å²) in [6.07, 6.45) is 4.15. The fraction of sp³-hybridized carbons (Fsp3) is 0. The van der Waals surface area contributed by atoms with Crippen molar-refractivity contribution in [3.8, 4) is 27.9 Å². The molecule has 0 aliphatic rings. The molecule has 61 heavy (non-hydrogen) atoms. The molecule has 0 fully saturated rings. The zero-order valence-corrected chi connectivity index (χ0v) is 33.3. The first kappa shape index (κ1) is 36.0. The minimum atomic E-state index is 0.209. The first-order chi connectivity index (χ1) is 30.2. The van der Waals surface area contributed by atoms with Crippen molar-refractivity contribution in [3.63, 3.8) is 0 Å². The van der Waals surface area contributed by atoms with E-state index in [9.17, 15) is 0 Å². The van der Waals surface area contributed by atoms with Crippen LogP contribution in [-0.4, -0.2) is 16.1 Å². The fourth-order valence-electron chi connectivity index (χ4n) is 8.96. The van der Waals surface area contributed by atoms with Crippen molar-refractivity contribution in [2.45, 2.75) is 0 Å². The van der Waals surface area contributed by atoms with Crippen molar-refractivity contribution >= 4 is 71.7 Å². The smallest absolute Gasteiger partial charge is 0.152 e. The van der Waals surface area contributed by atoms with Crippen molar-refractivity contribution in [1.29, 1.82) is 5.41 Å². The van der Waals surface area contributed by atoms with Crippen molar-refractivity contribution in [2.75, 3.05) is 0 Å². The summed E-state index contributed by atoms with van der Waals surface area (Å²) in [6.45, 7) is 0. The van der Waals surface area contributed by atoms with E-state index in [1.807, 2.05) is 42.5 Å². The third-order valence-electron chi connectivity index (χ3n) is 11.9. The molecule has 0 aliphatic heterocycles. The van der Waals surface area contributed by atoms with Gasteiger partial charge in [0.2, 0.25) is 0 Å². The maximum atomic E-state index is 9.08. The van der Waals surface area contributed by atoms with Crippen molar-refractivity contribution in [3.05, 3.63) is 241 Å². The van der Waals surface area contributed by atoms with E-state index in [0.717, 1.165) is 44.5 Å². The van der Waals surface area contributed by atoms with Gasteiger partial charge in [-0.2, -0.15) is 0 Å². The average molecular weight is 778 g/mol. The van der Waals surface area contributed by atoms with Gasteiger partial charge in [0.05, 0.1) is 22.4 Å². The Kier molecular flexibility index (Phi) is 8.98. The normalized spacial score (nSPS) is 12.0. The highest BCUT2D eigenvalue weighted by molar-refractivity contribution is 6.21. The molecule has 1 aromatic heterocycles. The molecular formula is C58H39N3. The van der Waals surface area contributed by atoms with Gasteiger partial charge in [0, 0.05) is 21.9 Å². The van der Waals surface area contributed by atoms with Crippen LogP contribution >= 0.6 is 0 Å². The molecule has 0 bridgehead atoms. The van der Waals surface area contributed by atoms with E-state index < -0.39 is 0 Å². The number of nitrogens with one attached hydrogen (secondary N) is 1. The molecule has 0 aliphatic carbocycles. The van der Waals surface area contributed by atoms with Crippen LogP contribution < -0.4 is 0 Å². The Bertz CT molecular complexity index is 3460. The molecule has 0 amide bonds. The van der Waals surface area contributed by atoms with Crippen LogP contribution in [0.4, 0.5) is 0 Å². The van der Waals surface area contributed by atoms with Crippen LogP contribution in [-0.2, 0) is 0 Å². The summed E-state index contributed by atoms with van der Waals surface area (Å²) >= 11 is 0. The van der Waals surface area contributed by atoms with Gasteiger partial charge in [-0.3, -0.25) is 5.41 Å². The third-order valence-corrected chi connectivity index (χ3v) is 11.9. The lowest BCUT2D eigenvalue weighted by Gasteiger charge is -2.15. The average Bonchev–Trinajstić information content (AvgIpc) is 3.67. The number of amidine groups is 1. The summed E-state index contributed by atoms with van der Waals surface area (Å²) in [7, 11) is 0. The van der Waals surface area contributed by atoms with E-state index in [1.165, 1.54) is 54.2 Å². The van der Waals surface area contributed by atoms with Crippen LogP contribution in [0.1, 0.15) is 16.7 Å². The minimum Gasteiger partial charge on any atom is -0.309 e. The maximum Gasteiger partial charge on any atom is 0.152 e. The molecule has 0 saturated carbocycles. The summed E-state index contributed by atoms with van der Waals surface area (Å²) in [4.78, 5) is 5.01. The molecule has 11 rings (SSSR count). The number of rotatable bonds is 7. The van der Waals surface area contributed by atoms with Gasteiger partial charge in [0.15, 0.2) is 5.84 Å². The summed E-state index contributed by atoms with van der Waals surface area (Å²) < 4.78 is 2.32. The van der Waals surface area contributed by atoms with Crippen LogP contribution in [0.5, 0.6) is 0 Å². The molecular weight excluding hydrogens is 739 g/mol. The van der Waals surface area contributed by atoms with E-state index in [0.29, 0.717) is 5.71 Å². The molecule has 1 heterocycles. The van der Waals surface area contributed by atoms with Gasteiger partial charge in [0.1, 0.15) is 0 Å². The fourth-order valence-corrected chi connectivity index (χ4v) is 8.96. The minimum absolute atomic E-state index is 0.209. The number of aliphatic imine (C=N–C) groups is 1. The van der Waals surface area contributed by atoms with E-state index in [1.54, 1.807) is 0 Å². The number of benzene rings is 10. The van der Waals surface area contributed by atoms with Gasteiger partial charge in [-0.15, -0.1) is 0 Å². The quantitative estimate of drug-likeness (QED) is 0.0725. The van der Waals surface area contributed by atoms with Gasteiger partial charge in [0.25, 0.3) is 0 Å². The van der Waals surface area contributed by atoms with Crippen LogP contribution in [0.15, 0.2) is 229 Å². The Hall–Kier alpha value is -8.14. The lowest BCUT2D eigenvalue weighted by molar-refractivity contribution is 1.17. The monoisotopic (exact) mass is 777 g/mol. The summed E-state index contributed by atoms with van der Waals surface area (Å²) in [5.74, 6) is 0.209. The second-order valence-electron chi connectivity index (χ2n) is 15.5. The van der Waals surface area contributed by atoms with E-state index in [-0.39, 0.29) is 5.84 Å². The Morgan fingerprint density at radius 3 is 1.70 bits per heavy atom. The van der Waals surface area contributed by atoms with Crippen LogP contribution in [0.2, 0.25) is 0 Å². The molecule has 1 N–H and O–H groups in total. The van der Waals surface area contributed by atoms with Gasteiger partial charge in [-0.05, 0) is 90.5 Å². The molecule has 0 unspecified atom stereocenters. The molecule has 0 spiro atoms. The van der Waals surface area contributed by atoms with Gasteiger partial charge in [-0.25, -0.2) is 4.99 Å². The molecule has 0 radical (unpaired) electrons. The molecule has 3 nitrogen and oxygen atoms in total. The lowest BCUT2D eigenvalue weighted by Crippen LogP contribution is -2.08. The molecule has 0 atom stereocenters. The Labute approximate surface area is 354 Å². The molecule has 10 aromatic carbocycles. The Morgan fingerprint density at radius 1 is 0.426 bits per heavy atom. The van der Waals surface area contributed by atoms with Crippen LogP contribution in [0.3, 0.4) is 0 Å². The second kappa shape index (κ2) is 15.2. The predicted octanol–water partition coefficient (Wildman–Crippen LogP) is 15.1. The first-order valence-corrected chi connectivity index (χ1v) is 20.7. The second-order valence-corrected chi connectivity index (χ2v) is 15.5. The van der Waals surface area contributed by atoms with Crippen LogP contribution in [0.25, 0.3) is 88.1 Å².